The molecule has 188 valence electrons. The Hall–Kier alpha value is -3.63. The van der Waals surface area contributed by atoms with Crippen molar-refractivity contribution in [2.24, 2.45) is 0 Å². The lowest BCUT2D eigenvalue weighted by Crippen LogP contribution is -2.62. The number of carbonyl (C=O) groups excluding carboxylic acids is 2. The number of hydrogen-bond acceptors (Lipinski definition) is 4. The number of benzene rings is 2. The van der Waals surface area contributed by atoms with Crippen LogP contribution in [0.5, 0.6) is 0 Å². The van der Waals surface area contributed by atoms with Gasteiger partial charge in [0.2, 0.25) is 5.91 Å². The summed E-state index contributed by atoms with van der Waals surface area (Å²) in [6.07, 6.45) is 8.04. The van der Waals surface area contributed by atoms with Gasteiger partial charge in [0.1, 0.15) is 0 Å². The number of terminal acetylenes is 1. The van der Waals surface area contributed by atoms with E-state index in [9.17, 15) is 14.7 Å². The van der Waals surface area contributed by atoms with Crippen LogP contribution in [0.4, 0.5) is 0 Å². The van der Waals surface area contributed by atoms with Crippen molar-refractivity contribution in [1.82, 2.24) is 15.5 Å². The van der Waals surface area contributed by atoms with E-state index in [0.717, 1.165) is 29.5 Å². The second-order valence-electron chi connectivity index (χ2n) is 9.71. The van der Waals surface area contributed by atoms with Crippen molar-refractivity contribution in [1.29, 1.82) is 5.41 Å². The van der Waals surface area contributed by atoms with Gasteiger partial charge in [-0.25, -0.2) is 0 Å². The van der Waals surface area contributed by atoms with E-state index in [2.05, 4.69) is 16.6 Å². The fraction of sp³-hybridized carbons (Fsp3) is 0.414. The average Bonchev–Trinajstić information content (AvgIpc) is 3.20. The van der Waals surface area contributed by atoms with Crippen molar-refractivity contribution in [3.63, 3.8) is 0 Å². The van der Waals surface area contributed by atoms with Gasteiger partial charge in [-0.2, -0.15) is 0 Å². The molecule has 2 aliphatic rings. The fourth-order valence-electron chi connectivity index (χ4n) is 5.39. The number of carbonyl (C=O) groups is 2. The lowest BCUT2D eigenvalue weighted by atomic mass is 9.85. The molecule has 1 heterocycles. The number of nitrogens with one attached hydrogen (secondary N) is 3. The zero-order chi connectivity index (χ0) is 25.9. The summed E-state index contributed by atoms with van der Waals surface area (Å²) < 4.78 is 0. The Kier molecular flexibility index (Phi) is 7.46. The molecule has 2 amide bonds. The van der Waals surface area contributed by atoms with Crippen molar-refractivity contribution in [3.8, 4) is 12.3 Å². The van der Waals surface area contributed by atoms with Gasteiger partial charge in [-0.3, -0.25) is 19.9 Å². The SMILES string of the molecule is C#CCC[C@@H](c1cccc(C(=O)N[C@@H]2c3ccccc3C[C@H]2O)c1)N1C(=N)NC(CC)(CC)CC1=O. The van der Waals surface area contributed by atoms with E-state index >= 15 is 0 Å². The van der Waals surface area contributed by atoms with Crippen LogP contribution >= 0.6 is 0 Å². The number of rotatable bonds is 8. The van der Waals surface area contributed by atoms with Crippen LogP contribution < -0.4 is 10.6 Å². The first kappa shape index (κ1) is 25.5. The van der Waals surface area contributed by atoms with Crippen LogP contribution in [0.1, 0.15) is 85.1 Å². The van der Waals surface area contributed by atoms with Gasteiger partial charge in [0.05, 0.1) is 24.6 Å². The number of hydrogen-bond donors (Lipinski definition) is 4. The summed E-state index contributed by atoms with van der Waals surface area (Å²) >= 11 is 0. The summed E-state index contributed by atoms with van der Waals surface area (Å²) in [5.41, 5.74) is 2.71. The molecule has 4 rings (SSSR count). The molecule has 0 aromatic heterocycles. The van der Waals surface area contributed by atoms with Crippen molar-refractivity contribution < 1.29 is 14.7 Å². The maximum absolute atomic E-state index is 13.3. The van der Waals surface area contributed by atoms with E-state index in [1.807, 2.05) is 44.2 Å². The quantitative estimate of drug-likeness (QED) is 0.426. The monoisotopic (exact) mass is 486 g/mol. The maximum atomic E-state index is 13.3. The van der Waals surface area contributed by atoms with Gasteiger partial charge in [0.15, 0.2) is 5.96 Å². The summed E-state index contributed by atoms with van der Waals surface area (Å²) in [6.45, 7) is 4.04. The van der Waals surface area contributed by atoms with Crippen molar-refractivity contribution in [2.45, 2.75) is 76.1 Å². The summed E-state index contributed by atoms with van der Waals surface area (Å²) in [5, 5.41) is 25.5. The standard InChI is InChI=1S/C29H34N4O3/c1-4-7-15-23(33-25(35)18-29(5-2,6-3)32-28(33)30)20-12-10-13-21(16-20)27(36)31-26-22-14-9-8-11-19(22)17-24(26)34/h1,8-14,16,23-24,26,34H,5-7,15,17-18H2,2-3H3,(H2,30,32)(H,31,36)/t23-,24+,26+/m0/s1. The van der Waals surface area contributed by atoms with Gasteiger partial charge >= 0.3 is 0 Å². The van der Waals surface area contributed by atoms with Gasteiger partial charge in [-0.05, 0) is 48.1 Å². The molecule has 0 bridgehead atoms. The highest BCUT2D eigenvalue weighted by Gasteiger charge is 2.42. The van der Waals surface area contributed by atoms with Gasteiger partial charge in [0.25, 0.3) is 5.91 Å². The van der Waals surface area contributed by atoms with Crippen molar-refractivity contribution in [3.05, 3.63) is 70.8 Å². The Bertz CT molecular complexity index is 1180. The first-order valence-electron chi connectivity index (χ1n) is 12.6. The number of fused-ring (bicyclic) bond motifs is 1. The number of aliphatic hydroxyl groups is 1. The molecule has 1 aliphatic carbocycles. The number of nitrogens with zero attached hydrogens (tertiary/aromatic N) is 1. The highest BCUT2D eigenvalue weighted by molar-refractivity contribution is 6.00. The lowest BCUT2D eigenvalue weighted by molar-refractivity contribution is -0.132. The molecule has 7 nitrogen and oxygen atoms in total. The Morgan fingerprint density at radius 2 is 2.03 bits per heavy atom. The maximum Gasteiger partial charge on any atom is 0.251 e. The van der Waals surface area contributed by atoms with Crippen LogP contribution in [0.2, 0.25) is 0 Å². The van der Waals surface area contributed by atoms with Crippen LogP contribution in [-0.4, -0.2) is 39.4 Å². The molecule has 0 spiro atoms. The average molecular weight is 487 g/mol. The lowest BCUT2D eigenvalue weighted by Gasteiger charge is -2.45. The minimum atomic E-state index is -0.687. The molecule has 1 fully saturated rings. The molecular weight excluding hydrogens is 452 g/mol. The second kappa shape index (κ2) is 10.5. The smallest absolute Gasteiger partial charge is 0.251 e. The van der Waals surface area contributed by atoms with E-state index in [0.29, 0.717) is 31.2 Å². The number of amides is 2. The molecule has 0 saturated carbocycles. The normalized spacial score (nSPS) is 21.3. The Morgan fingerprint density at radius 3 is 2.72 bits per heavy atom. The van der Waals surface area contributed by atoms with Crippen molar-refractivity contribution in [2.75, 3.05) is 0 Å². The first-order chi connectivity index (χ1) is 17.3. The number of aliphatic hydroxyl groups excluding tert-OH is 1. The zero-order valence-corrected chi connectivity index (χ0v) is 20.9. The van der Waals surface area contributed by atoms with Crippen molar-refractivity contribution >= 4 is 17.8 Å². The van der Waals surface area contributed by atoms with Gasteiger partial charge in [0, 0.05) is 23.9 Å². The minimum Gasteiger partial charge on any atom is -0.390 e. The molecule has 4 N–H and O–H groups in total. The van der Waals surface area contributed by atoms with E-state index in [1.54, 1.807) is 18.2 Å². The largest absolute Gasteiger partial charge is 0.390 e. The molecule has 0 radical (unpaired) electrons. The molecule has 36 heavy (non-hydrogen) atoms. The van der Waals surface area contributed by atoms with Gasteiger partial charge in [-0.15, -0.1) is 12.3 Å². The predicted molar refractivity (Wildman–Crippen MR) is 139 cm³/mol. The minimum absolute atomic E-state index is 0.0671. The van der Waals surface area contributed by atoms with E-state index in [4.69, 9.17) is 11.8 Å². The number of guanidine groups is 1. The highest BCUT2D eigenvalue weighted by atomic mass is 16.3. The molecule has 0 unspecified atom stereocenters. The molecule has 1 saturated heterocycles. The molecule has 2 aromatic carbocycles. The Balaban J connectivity index is 1.59. The van der Waals surface area contributed by atoms with Gasteiger partial charge < -0.3 is 15.7 Å². The Morgan fingerprint density at radius 1 is 1.28 bits per heavy atom. The first-order valence-corrected chi connectivity index (χ1v) is 12.6. The summed E-state index contributed by atoms with van der Waals surface area (Å²) in [4.78, 5) is 28.0. The van der Waals surface area contributed by atoms with Crippen LogP contribution in [-0.2, 0) is 11.2 Å². The molecule has 2 aromatic rings. The molecule has 7 heteroatoms. The third kappa shape index (κ3) is 4.87. The van der Waals surface area contributed by atoms with E-state index in [-0.39, 0.29) is 17.8 Å². The summed E-state index contributed by atoms with van der Waals surface area (Å²) in [7, 11) is 0. The van der Waals surface area contributed by atoms with E-state index < -0.39 is 23.7 Å². The van der Waals surface area contributed by atoms with Crippen LogP contribution in [0.3, 0.4) is 0 Å². The zero-order valence-electron chi connectivity index (χ0n) is 20.9. The topological polar surface area (TPSA) is 106 Å². The summed E-state index contributed by atoms with van der Waals surface area (Å²) in [5.74, 6) is 2.28. The van der Waals surface area contributed by atoms with E-state index in [1.165, 1.54) is 4.90 Å². The fourth-order valence-corrected chi connectivity index (χ4v) is 5.39. The molecule has 1 aliphatic heterocycles. The van der Waals surface area contributed by atoms with Crippen LogP contribution in [0, 0.1) is 17.8 Å². The van der Waals surface area contributed by atoms with Crippen LogP contribution in [0.25, 0.3) is 0 Å². The third-order valence-corrected chi connectivity index (χ3v) is 7.63. The van der Waals surface area contributed by atoms with Gasteiger partial charge in [-0.1, -0.05) is 50.2 Å². The summed E-state index contributed by atoms with van der Waals surface area (Å²) in [6, 6.07) is 13.9. The third-order valence-electron chi connectivity index (χ3n) is 7.63. The Labute approximate surface area is 212 Å². The second-order valence-corrected chi connectivity index (χ2v) is 9.71. The molecule has 3 atom stereocenters. The predicted octanol–water partition coefficient (Wildman–Crippen LogP) is 3.84. The molecular formula is C29H34N4O3. The van der Waals surface area contributed by atoms with Crippen LogP contribution in [0.15, 0.2) is 48.5 Å². The highest BCUT2D eigenvalue weighted by Crippen LogP contribution is 2.34.